The Morgan fingerprint density at radius 3 is 2.84 bits per heavy atom. The number of thiophene rings is 1. The van der Waals surface area contributed by atoms with E-state index in [0.29, 0.717) is 0 Å². The van der Waals surface area contributed by atoms with E-state index >= 15 is 0 Å². The Kier molecular flexibility index (Phi) is 5.10. The molecule has 2 rings (SSSR count). The molecule has 19 heavy (non-hydrogen) atoms. The number of fused-ring (bicyclic) bond motifs is 1. The van der Waals surface area contributed by atoms with E-state index in [1.54, 1.807) is 17.7 Å². The second-order valence-corrected chi connectivity index (χ2v) is 5.87. The minimum absolute atomic E-state index is 0.784. The predicted octanol–water partition coefficient (Wildman–Crippen LogP) is 2.82. The lowest BCUT2D eigenvalue weighted by atomic mass is 10.2. The second-order valence-electron chi connectivity index (χ2n) is 4.75. The third-order valence-corrected chi connectivity index (χ3v) is 4.45. The van der Waals surface area contributed by atoms with Crippen LogP contribution < -0.4 is 10.6 Å². The van der Waals surface area contributed by atoms with Gasteiger partial charge in [0.25, 0.3) is 0 Å². The van der Waals surface area contributed by atoms with Crippen LogP contribution in [0.5, 0.6) is 0 Å². The lowest BCUT2D eigenvalue weighted by Gasteiger charge is -2.18. The number of hydrogen-bond donors (Lipinski definition) is 1. The zero-order valence-electron chi connectivity index (χ0n) is 11.7. The highest BCUT2D eigenvalue weighted by atomic mass is 32.1. The monoisotopic (exact) mass is 278 g/mol. The fraction of sp³-hybridized carbons (Fsp3) is 0.571. The number of rotatable bonds is 7. The van der Waals surface area contributed by atoms with Crippen LogP contribution in [-0.2, 0) is 6.42 Å². The molecule has 0 aliphatic heterocycles. The summed E-state index contributed by atoms with van der Waals surface area (Å²) >= 11 is 1.77. The number of hydrogen-bond acceptors (Lipinski definition) is 5. The van der Waals surface area contributed by atoms with Gasteiger partial charge in [-0.3, -0.25) is 0 Å². The zero-order valence-corrected chi connectivity index (χ0v) is 12.5. The summed E-state index contributed by atoms with van der Waals surface area (Å²) < 4.78 is 0. The van der Waals surface area contributed by atoms with E-state index in [2.05, 4.69) is 34.9 Å². The van der Waals surface area contributed by atoms with Gasteiger partial charge in [0.05, 0.1) is 5.39 Å². The highest BCUT2D eigenvalue weighted by molar-refractivity contribution is 7.18. The third kappa shape index (κ3) is 3.42. The van der Waals surface area contributed by atoms with E-state index in [1.807, 2.05) is 0 Å². The van der Waals surface area contributed by atoms with Crippen molar-refractivity contribution in [2.24, 2.45) is 5.73 Å². The molecule has 2 aromatic rings. The lowest BCUT2D eigenvalue weighted by molar-refractivity contribution is 0.677. The molecule has 0 aliphatic rings. The van der Waals surface area contributed by atoms with Crippen LogP contribution in [0.1, 0.15) is 31.1 Å². The van der Waals surface area contributed by atoms with Gasteiger partial charge in [-0.2, -0.15) is 0 Å². The first kappa shape index (κ1) is 14.2. The summed E-state index contributed by atoms with van der Waals surface area (Å²) in [7, 11) is 2.10. The molecule has 0 atom stereocenters. The summed E-state index contributed by atoms with van der Waals surface area (Å²) in [5.74, 6) is 1.05. The third-order valence-electron chi connectivity index (χ3n) is 3.27. The van der Waals surface area contributed by atoms with Crippen molar-refractivity contribution in [1.82, 2.24) is 9.97 Å². The van der Waals surface area contributed by atoms with E-state index in [4.69, 9.17) is 5.73 Å². The quantitative estimate of drug-likeness (QED) is 0.791. The highest BCUT2D eigenvalue weighted by Crippen LogP contribution is 2.30. The molecule has 0 unspecified atom stereocenters. The fourth-order valence-corrected chi connectivity index (χ4v) is 3.08. The number of aromatic nitrogens is 2. The smallest absolute Gasteiger partial charge is 0.140 e. The van der Waals surface area contributed by atoms with Gasteiger partial charge in [0.15, 0.2) is 0 Å². The zero-order chi connectivity index (χ0) is 13.7. The molecule has 104 valence electrons. The van der Waals surface area contributed by atoms with E-state index < -0.39 is 0 Å². The van der Waals surface area contributed by atoms with E-state index in [0.717, 1.165) is 43.0 Å². The Labute approximate surface area is 118 Å². The van der Waals surface area contributed by atoms with Crippen LogP contribution >= 0.6 is 11.3 Å². The van der Waals surface area contributed by atoms with Crippen molar-refractivity contribution in [3.63, 3.8) is 0 Å². The van der Waals surface area contributed by atoms with Crippen molar-refractivity contribution in [1.29, 1.82) is 0 Å². The molecule has 0 aliphatic carbocycles. The highest BCUT2D eigenvalue weighted by Gasteiger charge is 2.11. The first-order valence-electron chi connectivity index (χ1n) is 6.91. The van der Waals surface area contributed by atoms with Crippen molar-refractivity contribution in [2.75, 3.05) is 25.0 Å². The molecule has 0 bridgehead atoms. The maximum atomic E-state index is 5.52. The molecule has 4 nitrogen and oxygen atoms in total. The SMILES string of the molecule is CCc1cc2c(N(C)CCCCCN)ncnc2s1. The number of anilines is 1. The molecule has 0 saturated carbocycles. The Hall–Kier alpha value is -1.20. The Balaban J connectivity index is 2.12. The van der Waals surface area contributed by atoms with Crippen molar-refractivity contribution in [3.05, 3.63) is 17.3 Å². The normalized spacial score (nSPS) is 11.1. The van der Waals surface area contributed by atoms with Crippen LogP contribution in [0.2, 0.25) is 0 Å². The van der Waals surface area contributed by atoms with Crippen LogP contribution in [0.4, 0.5) is 5.82 Å². The molecule has 0 amide bonds. The van der Waals surface area contributed by atoms with Crippen LogP contribution in [0.3, 0.4) is 0 Å². The minimum atomic E-state index is 0.784. The van der Waals surface area contributed by atoms with Gasteiger partial charge in [-0.1, -0.05) is 13.3 Å². The minimum Gasteiger partial charge on any atom is -0.359 e. The summed E-state index contributed by atoms with van der Waals surface area (Å²) in [6.45, 7) is 3.98. The van der Waals surface area contributed by atoms with Gasteiger partial charge in [-0.25, -0.2) is 9.97 Å². The summed E-state index contributed by atoms with van der Waals surface area (Å²) in [5, 5.41) is 1.19. The van der Waals surface area contributed by atoms with Gasteiger partial charge >= 0.3 is 0 Å². The van der Waals surface area contributed by atoms with E-state index in [9.17, 15) is 0 Å². The lowest BCUT2D eigenvalue weighted by Crippen LogP contribution is -2.20. The molecule has 0 aromatic carbocycles. The Morgan fingerprint density at radius 2 is 2.11 bits per heavy atom. The fourth-order valence-electron chi connectivity index (χ4n) is 2.15. The molecule has 2 N–H and O–H groups in total. The van der Waals surface area contributed by atoms with Crippen molar-refractivity contribution in [3.8, 4) is 0 Å². The standard InChI is InChI=1S/C14H22N4S/c1-3-11-9-12-13(16-10-17-14(12)19-11)18(2)8-6-4-5-7-15/h9-10H,3-8,15H2,1-2H3. The number of nitrogens with zero attached hydrogens (tertiary/aromatic N) is 3. The summed E-state index contributed by atoms with van der Waals surface area (Å²) in [6.07, 6.45) is 6.17. The largest absolute Gasteiger partial charge is 0.359 e. The van der Waals surface area contributed by atoms with Crippen LogP contribution in [0, 0.1) is 0 Å². The van der Waals surface area contributed by atoms with Gasteiger partial charge in [-0.05, 0) is 31.9 Å². The second kappa shape index (κ2) is 6.82. The van der Waals surface area contributed by atoms with Crippen LogP contribution in [-0.4, -0.2) is 30.1 Å². The van der Waals surface area contributed by atoms with Gasteiger partial charge in [0.2, 0.25) is 0 Å². The van der Waals surface area contributed by atoms with E-state index in [1.165, 1.54) is 16.7 Å². The van der Waals surface area contributed by atoms with Gasteiger partial charge < -0.3 is 10.6 Å². The first-order chi connectivity index (χ1) is 9.26. The molecule has 0 spiro atoms. The van der Waals surface area contributed by atoms with Crippen LogP contribution in [0.15, 0.2) is 12.4 Å². The van der Waals surface area contributed by atoms with E-state index in [-0.39, 0.29) is 0 Å². The molecule has 5 heteroatoms. The number of unbranched alkanes of at least 4 members (excludes halogenated alkanes) is 2. The average Bonchev–Trinajstić information content (AvgIpc) is 2.86. The Morgan fingerprint density at radius 1 is 1.26 bits per heavy atom. The molecular formula is C14H22N4S. The van der Waals surface area contributed by atoms with Crippen molar-refractivity contribution < 1.29 is 0 Å². The van der Waals surface area contributed by atoms with Crippen molar-refractivity contribution in [2.45, 2.75) is 32.6 Å². The summed E-state index contributed by atoms with van der Waals surface area (Å²) in [4.78, 5) is 13.5. The van der Waals surface area contributed by atoms with Crippen molar-refractivity contribution >= 4 is 27.4 Å². The first-order valence-corrected chi connectivity index (χ1v) is 7.72. The van der Waals surface area contributed by atoms with Gasteiger partial charge in [0.1, 0.15) is 17.0 Å². The topological polar surface area (TPSA) is 55.0 Å². The number of aryl methyl sites for hydroxylation is 1. The number of nitrogens with two attached hydrogens (primary N) is 1. The summed E-state index contributed by atoms with van der Waals surface area (Å²) in [6, 6.07) is 2.23. The summed E-state index contributed by atoms with van der Waals surface area (Å²) in [5.41, 5.74) is 5.52. The van der Waals surface area contributed by atoms with Gasteiger partial charge in [-0.15, -0.1) is 11.3 Å². The maximum absolute atomic E-state index is 5.52. The predicted molar refractivity (Wildman–Crippen MR) is 83.0 cm³/mol. The Bertz CT molecular complexity index is 523. The molecule has 0 saturated heterocycles. The molecule has 2 aromatic heterocycles. The molecule has 0 fully saturated rings. The molecule has 0 radical (unpaired) electrons. The molecule has 2 heterocycles. The van der Waals surface area contributed by atoms with Crippen LogP contribution in [0.25, 0.3) is 10.2 Å². The maximum Gasteiger partial charge on any atom is 0.140 e. The van der Waals surface area contributed by atoms with Gasteiger partial charge in [0, 0.05) is 18.5 Å². The average molecular weight is 278 g/mol. The molecular weight excluding hydrogens is 256 g/mol.